The molecule has 158 valence electrons. The fraction of sp³-hybridized carbons (Fsp3) is 0.316. The summed E-state index contributed by atoms with van der Waals surface area (Å²) in [6.45, 7) is 5.41. The number of nitrogens with one attached hydrogen (secondary N) is 1. The Morgan fingerprint density at radius 2 is 1.86 bits per heavy atom. The summed E-state index contributed by atoms with van der Waals surface area (Å²) in [5.74, 6) is -2.65. The van der Waals surface area contributed by atoms with Crippen molar-refractivity contribution in [1.82, 2.24) is 4.98 Å². The van der Waals surface area contributed by atoms with Crippen LogP contribution in [-0.2, 0) is 22.7 Å². The molecule has 0 aliphatic rings. The van der Waals surface area contributed by atoms with E-state index in [2.05, 4.69) is 11.6 Å². The molecule has 2 aromatic rings. The minimum atomic E-state index is -4.75. The molecule has 29 heavy (non-hydrogen) atoms. The Balaban J connectivity index is 2.57. The van der Waals surface area contributed by atoms with Crippen LogP contribution < -0.4 is 4.74 Å². The molecule has 0 spiro atoms. The number of aromatic amines is 1. The van der Waals surface area contributed by atoms with Gasteiger partial charge < -0.3 is 9.72 Å². The van der Waals surface area contributed by atoms with Crippen LogP contribution in [0.25, 0.3) is 11.1 Å². The SMILES string of the molecule is C=C(C)CCC(=O)Oc1cc(-c2c(CCl)[nH]c(C(F)(F)F)c2CCl)c(F)cc1Cl. The molecule has 1 aromatic carbocycles. The molecule has 0 bridgehead atoms. The topological polar surface area (TPSA) is 42.1 Å². The molecule has 3 nitrogen and oxygen atoms in total. The Hall–Kier alpha value is -1.70. The Labute approximate surface area is 179 Å². The van der Waals surface area contributed by atoms with E-state index < -0.39 is 29.5 Å². The number of benzene rings is 1. The molecule has 1 N–H and O–H groups in total. The van der Waals surface area contributed by atoms with Gasteiger partial charge in [-0.25, -0.2) is 4.39 Å². The number of carbonyl (C=O) groups is 1. The van der Waals surface area contributed by atoms with E-state index in [1.165, 1.54) is 0 Å². The van der Waals surface area contributed by atoms with E-state index in [-0.39, 0.29) is 45.5 Å². The van der Waals surface area contributed by atoms with Crippen molar-refractivity contribution in [3.05, 3.63) is 52.1 Å². The van der Waals surface area contributed by atoms with Gasteiger partial charge in [0, 0.05) is 28.8 Å². The molecule has 1 aromatic heterocycles. The summed E-state index contributed by atoms with van der Waals surface area (Å²) in [4.78, 5) is 14.1. The molecular formula is C19H16Cl3F4NO2. The van der Waals surface area contributed by atoms with Gasteiger partial charge in [-0.2, -0.15) is 13.2 Å². The third kappa shape index (κ3) is 5.47. The van der Waals surface area contributed by atoms with Crippen molar-refractivity contribution < 1.29 is 27.1 Å². The van der Waals surface area contributed by atoms with Crippen LogP contribution in [0.3, 0.4) is 0 Å². The number of carbonyl (C=O) groups excluding carboxylic acids is 1. The average Bonchev–Trinajstić information content (AvgIpc) is 3.01. The van der Waals surface area contributed by atoms with Gasteiger partial charge in [0.15, 0.2) is 0 Å². The largest absolute Gasteiger partial charge is 0.431 e. The molecule has 0 aliphatic heterocycles. The molecule has 0 radical (unpaired) electrons. The zero-order valence-electron chi connectivity index (χ0n) is 15.2. The Morgan fingerprint density at radius 3 is 2.38 bits per heavy atom. The average molecular weight is 473 g/mol. The van der Waals surface area contributed by atoms with Gasteiger partial charge in [-0.3, -0.25) is 4.79 Å². The number of hydrogen-bond acceptors (Lipinski definition) is 2. The lowest BCUT2D eigenvalue weighted by atomic mass is 10.00. The minimum Gasteiger partial charge on any atom is -0.425 e. The number of rotatable bonds is 7. The van der Waals surface area contributed by atoms with E-state index in [1.54, 1.807) is 6.92 Å². The van der Waals surface area contributed by atoms with Gasteiger partial charge >= 0.3 is 12.1 Å². The summed E-state index contributed by atoms with van der Waals surface area (Å²) in [6.07, 6.45) is -4.35. The zero-order valence-corrected chi connectivity index (χ0v) is 17.4. The van der Waals surface area contributed by atoms with Crippen LogP contribution in [0.4, 0.5) is 17.6 Å². The first-order chi connectivity index (χ1) is 13.5. The number of halogens is 7. The highest BCUT2D eigenvalue weighted by atomic mass is 35.5. The number of hydrogen-bond donors (Lipinski definition) is 1. The van der Waals surface area contributed by atoms with E-state index in [0.717, 1.165) is 17.7 Å². The standard InChI is InChI=1S/C19H16Cl3F4NO2/c1-9(2)3-4-16(28)29-15-5-10(13(23)6-12(15)22)17-11(7-20)18(19(24,25)26)27-14(17)8-21/h5-6,27H,1,3-4,7-8H2,2H3. The fourth-order valence-corrected chi connectivity index (χ4v) is 3.34. The van der Waals surface area contributed by atoms with Crippen LogP contribution in [0.2, 0.25) is 5.02 Å². The fourth-order valence-electron chi connectivity index (χ4n) is 2.68. The van der Waals surface area contributed by atoms with Crippen molar-refractivity contribution in [2.24, 2.45) is 0 Å². The molecule has 10 heteroatoms. The number of allylic oxidation sites excluding steroid dienone is 1. The van der Waals surface area contributed by atoms with Gasteiger partial charge in [-0.15, -0.1) is 29.8 Å². The van der Waals surface area contributed by atoms with Crippen molar-refractivity contribution in [1.29, 1.82) is 0 Å². The van der Waals surface area contributed by atoms with Crippen molar-refractivity contribution in [2.45, 2.75) is 37.7 Å². The smallest absolute Gasteiger partial charge is 0.425 e. The van der Waals surface area contributed by atoms with Crippen molar-refractivity contribution in [3.63, 3.8) is 0 Å². The lowest BCUT2D eigenvalue weighted by Gasteiger charge is -2.12. The van der Waals surface area contributed by atoms with E-state index in [0.29, 0.717) is 6.42 Å². The van der Waals surface area contributed by atoms with Gasteiger partial charge in [0.2, 0.25) is 0 Å². The first-order valence-electron chi connectivity index (χ1n) is 8.26. The predicted octanol–water partition coefficient (Wildman–Crippen LogP) is 7.23. The van der Waals surface area contributed by atoms with Crippen LogP contribution in [0, 0.1) is 5.82 Å². The zero-order chi connectivity index (χ0) is 21.9. The van der Waals surface area contributed by atoms with Gasteiger partial charge in [-0.05, 0) is 25.5 Å². The Kier molecular flexibility index (Phi) is 7.65. The molecule has 0 unspecified atom stereocenters. The third-order valence-electron chi connectivity index (χ3n) is 4.00. The Bertz CT molecular complexity index is 939. The minimum absolute atomic E-state index is 0.0145. The second-order valence-electron chi connectivity index (χ2n) is 6.29. The molecule has 0 aliphatic carbocycles. The number of H-pyrrole nitrogens is 1. The second-order valence-corrected chi connectivity index (χ2v) is 7.23. The number of esters is 1. The summed E-state index contributed by atoms with van der Waals surface area (Å²) in [5.41, 5.74) is -1.21. The second kappa shape index (κ2) is 9.41. The summed E-state index contributed by atoms with van der Waals surface area (Å²) in [5, 5.41) is -0.207. The monoisotopic (exact) mass is 471 g/mol. The van der Waals surface area contributed by atoms with Gasteiger partial charge in [0.25, 0.3) is 0 Å². The summed E-state index contributed by atoms with van der Waals surface area (Å²) in [7, 11) is 0. The van der Waals surface area contributed by atoms with E-state index in [9.17, 15) is 22.4 Å². The predicted molar refractivity (Wildman–Crippen MR) is 105 cm³/mol. The normalized spacial score (nSPS) is 11.6. The van der Waals surface area contributed by atoms with Crippen molar-refractivity contribution >= 4 is 40.8 Å². The highest BCUT2D eigenvalue weighted by Crippen LogP contribution is 2.43. The number of ether oxygens (including phenoxy) is 1. The van der Waals surface area contributed by atoms with Crippen molar-refractivity contribution in [3.8, 4) is 16.9 Å². The maximum Gasteiger partial charge on any atom is 0.431 e. The van der Waals surface area contributed by atoms with Crippen LogP contribution in [0.5, 0.6) is 5.75 Å². The Morgan fingerprint density at radius 1 is 1.21 bits per heavy atom. The molecule has 0 amide bonds. The third-order valence-corrected chi connectivity index (χ3v) is 4.83. The molecule has 0 atom stereocenters. The number of alkyl halides is 5. The van der Waals surface area contributed by atoms with Gasteiger partial charge in [-0.1, -0.05) is 17.2 Å². The lowest BCUT2D eigenvalue weighted by molar-refractivity contribution is -0.141. The van der Waals surface area contributed by atoms with Crippen molar-refractivity contribution in [2.75, 3.05) is 0 Å². The molecule has 0 fully saturated rings. The van der Waals surface area contributed by atoms with Gasteiger partial charge in [0.05, 0.1) is 16.8 Å². The first-order valence-corrected chi connectivity index (χ1v) is 9.71. The first kappa shape index (κ1) is 23.6. The summed E-state index contributed by atoms with van der Waals surface area (Å²) >= 11 is 17.5. The molecule has 0 saturated heterocycles. The number of aromatic nitrogens is 1. The highest BCUT2D eigenvalue weighted by molar-refractivity contribution is 6.32. The maximum atomic E-state index is 14.6. The van der Waals surface area contributed by atoms with Crippen LogP contribution in [0.1, 0.15) is 36.7 Å². The van der Waals surface area contributed by atoms with E-state index >= 15 is 0 Å². The quantitative estimate of drug-likeness (QED) is 0.152. The van der Waals surface area contributed by atoms with E-state index in [1.807, 2.05) is 0 Å². The molecule has 1 heterocycles. The molecule has 2 rings (SSSR count). The van der Waals surface area contributed by atoms with Crippen LogP contribution >= 0.6 is 34.8 Å². The highest BCUT2D eigenvalue weighted by Gasteiger charge is 2.38. The molecule has 0 saturated carbocycles. The lowest BCUT2D eigenvalue weighted by Crippen LogP contribution is -2.09. The van der Waals surface area contributed by atoms with Gasteiger partial charge in [0.1, 0.15) is 17.3 Å². The summed E-state index contributed by atoms with van der Waals surface area (Å²) < 4.78 is 59.8. The summed E-state index contributed by atoms with van der Waals surface area (Å²) in [6, 6.07) is 1.92. The molecular weight excluding hydrogens is 457 g/mol. The van der Waals surface area contributed by atoms with E-state index in [4.69, 9.17) is 39.5 Å². The van der Waals surface area contributed by atoms with Crippen LogP contribution in [0.15, 0.2) is 24.3 Å². The maximum absolute atomic E-state index is 14.6. The van der Waals surface area contributed by atoms with Crippen LogP contribution in [-0.4, -0.2) is 11.0 Å².